The number of thiol groups is 1. The Labute approximate surface area is 102 Å². The number of hydrogen-bond donors (Lipinski definition) is 4. The van der Waals surface area contributed by atoms with Crippen LogP contribution >= 0.6 is 12.6 Å². The maximum atomic E-state index is 11.7. The minimum Gasteiger partial charge on any atom is -0.392 e. The minimum absolute atomic E-state index is 0.0342. The molecular weight excluding hydrogens is 224 g/mol. The third-order valence-electron chi connectivity index (χ3n) is 3.15. The zero-order valence-corrected chi connectivity index (χ0v) is 10.8. The Morgan fingerprint density at radius 2 is 2.12 bits per heavy atom. The molecule has 1 fully saturated rings. The first kappa shape index (κ1) is 13.8. The number of nitrogens with two attached hydrogens (primary N) is 1. The van der Waals surface area contributed by atoms with Gasteiger partial charge >= 0.3 is 0 Å². The summed E-state index contributed by atoms with van der Waals surface area (Å²) in [4.78, 5) is 11.7. The van der Waals surface area contributed by atoms with Crippen LogP contribution in [-0.4, -0.2) is 34.5 Å². The van der Waals surface area contributed by atoms with Crippen LogP contribution in [0.4, 0.5) is 0 Å². The van der Waals surface area contributed by atoms with Crippen LogP contribution in [0.2, 0.25) is 0 Å². The summed E-state index contributed by atoms with van der Waals surface area (Å²) < 4.78 is 0. The highest BCUT2D eigenvalue weighted by molar-refractivity contribution is 7.81. The lowest BCUT2D eigenvalue weighted by Gasteiger charge is -2.31. The van der Waals surface area contributed by atoms with Gasteiger partial charge in [0.15, 0.2) is 0 Å². The number of hydrogen-bond acceptors (Lipinski definition) is 4. The van der Waals surface area contributed by atoms with E-state index in [-0.39, 0.29) is 23.1 Å². The average molecular weight is 246 g/mol. The van der Waals surface area contributed by atoms with Gasteiger partial charge in [-0.1, -0.05) is 13.8 Å². The molecule has 5 heteroatoms. The van der Waals surface area contributed by atoms with Crippen LogP contribution in [0.15, 0.2) is 0 Å². The lowest BCUT2D eigenvalue weighted by Crippen LogP contribution is -2.50. The van der Waals surface area contributed by atoms with Crippen molar-refractivity contribution in [2.24, 2.45) is 11.7 Å². The van der Waals surface area contributed by atoms with E-state index in [1.54, 1.807) is 0 Å². The van der Waals surface area contributed by atoms with Gasteiger partial charge in [-0.15, -0.1) is 0 Å². The van der Waals surface area contributed by atoms with Gasteiger partial charge in [0, 0.05) is 11.3 Å². The molecule has 0 aromatic rings. The lowest BCUT2D eigenvalue weighted by atomic mass is 9.92. The quantitative estimate of drug-likeness (QED) is 0.541. The first-order chi connectivity index (χ1) is 7.41. The molecule has 0 aliphatic heterocycles. The molecule has 0 bridgehead atoms. The molecule has 0 unspecified atom stereocenters. The van der Waals surface area contributed by atoms with Crippen molar-refractivity contribution < 1.29 is 9.90 Å². The average Bonchev–Trinajstić information content (AvgIpc) is 2.22. The van der Waals surface area contributed by atoms with Crippen molar-refractivity contribution in [3.05, 3.63) is 0 Å². The molecule has 1 rings (SSSR count). The number of aliphatic hydroxyl groups excluding tert-OH is 1. The highest BCUT2D eigenvalue weighted by Gasteiger charge is 2.29. The van der Waals surface area contributed by atoms with Crippen molar-refractivity contribution in [2.75, 3.05) is 0 Å². The number of carbonyl (C=O) groups is 1. The zero-order valence-electron chi connectivity index (χ0n) is 9.89. The summed E-state index contributed by atoms with van der Waals surface area (Å²) in [6.45, 7) is 3.84. The standard InChI is InChI=1S/C11H22N2O2S/c1-6(2)10(12)11(15)13-7-3-4-9(16)8(14)5-7/h6-10,14,16H,3-5,12H2,1-2H3,(H,13,15)/t7-,8-,9-,10+/m1/s1. The van der Waals surface area contributed by atoms with Crippen LogP contribution in [0.3, 0.4) is 0 Å². The fraction of sp³-hybridized carbons (Fsp3) is 0.909. The van der Waals surface area contributed by atoms with Gasteiger partial charge in [-0.3, -0.25) is 4.79 Å². The Morgan fingerprint density at radius 3 is 2.62 bits per heavy atom. The second-order valence-electron chi connectivity index (χ2n) is 4.92. The maximum absolute atomic E-state index is 11.7. The maximum Gasteiger partial charge on any atom is 0.237 e. The van der Waals surface area contributed by atoms with E-state index in [9.17, 15) is 9.90 Å². The molecule has 0 aromatic heterocycles. The van der Waals surface area contributed by atoms with E-state index >= 15 is 0 Å². The van der Waals surface area contributed by atoms with Crippen molar-refractivity contribution in [1.82, 2.24) is 5.32 Å². The molecule has 1 amide bonds. The van der Waals surface area contributed by atoms with Gasteiger partial charge in [0.2, 0.25) is 5.91 Å². The zero-order chi connectivity index (χ0) is 12.3. The van der Waals surface area contributed by atoms with E-state index in [0.717, 1.165) is 12.8 Å². The number of nitrogens with one attached hydrogen (secondary N) is 1. The van der Waals surface area contributed by atoms with Gasteiger partial charge in [-0.05, 0) is 25.2 Å². The summed E-state index contributed by atoms with van der Waals surface area (Å²) in [6.07, 6.45) is 1.83. The molecule has 4 N–H and O–H groups in total. The summed E-state index contributed by atoms with van der Waals surface area (Å²) in [5.74, 6) is 0.0101. The van der Waals surface area contributed by atoms with Crippen LogP contribution < -0.4 is 11.1 Å². The Hall–Kier alpha value is -0.260. The summed E-state index contributed by atoms with van der Waals surface area (Å²) in [5.41, 5.74) is 5.75. The van der Waals surface area contributed by atoms with Gasteiger partial charge < -0.3 is 16.2 Å². The molecule has 0 saturated heterocycles. The lowest BCUT2D eigenvalue weighted by molar-refractivity contribution is -0.124. The van der Waals surface area contributed by atoms with E-state index in [4.69, 9.17) is 5.73 Å². The van der Waals surface area contributed by atoms with Crippen molar-refractivity contribution in [3.63, 3.8) is 0 Å². The Morgan fingerprint density at radius 1 is 1.50 bits per heavy atom. The second-order valence-corrected chi connectivity index (χ2v) is 5.59. The van der Waals surface area contributed by atoms with Gasteiger partial charge in [0.1, 0.15) is 0 Å². The number of rotatable bonds is 3. The first-order valence-corrected chi connectivity index (χ1v) is 6.35. The van der Waals surface area contributed by atoms with Crippen LogP contribution in [0.1, 0.15) is 33.1 Å². The van der Waals surface area contributed by atoms with Crippen molar-refractivity contribution in [2.45, 2.75) is 56.5 Å². The monoisotopic (exact) mass is 246 g/mol. The molecule has 4 atom stereocenters. The van der Waals surface area contributed by atoms with E-state index in [0.29, 0.717) is 6.42 Å². The summed E-state index contributed by atoms with van der Waals surface area (Å²) in [6, 6.07) is -0.429. The van der Waals surface area contributed by atoms with E-state index < -0.39 is 12.1 Å². The van der Waals surface area contributed by atoms with Crippen LogP contribution in [-0.2, 0) is 4.79 Å². The second kappa shape index (κ2) is 5.89. The third kappa shape index (κ3) is 3.64. The van der Waals surface area contributed by atoms with Crippen LogP contribution in [0, 0.1) is 5.92 Å². The van der Waals surface area contributed by atoms with E-state index in [2.05, 4.69) is 17.9 Å². The van der Waals surface area contributed by atoms with E-state index in [1.807, 2.05) is 13.8 Å². The van der Waals surface area contributed by atoms with Crippen molar-refractivity contribution >= 4 is 18.5 Å². The molecule has 0 aromatic carbocycles. The highest BCUT2D eigenvalue weighted by Crippen LogP contribution is 2.23. The molecule has 1 aliphatic carbocycles. The normalized spacial score (nSPS) is 32.5. The first-order valence-electron chi connectivity index (χ1n) is 5.84. The fourth-order valence-corrected chi connectivity index (χ4v) is 2.13. The predicted octanol–water partition coefficient (Wildman–Crippen LogP) is 0.298. The molecule has 0 spiro atoms. The number of aliphatic hydroxyl groups is 1. The summed E-state index contributed by atoms with van der Waals surface area (Å²) >= 11 is 4.27. The number of amides is 1. The van der Waals surface area contributed by atoms with Crippen LogP contribution in [0.5, 0.6) is 0 Å². The fourth-order valence-electron chi connectivity index (χ4n) is 1.86. The Bertz CT molecular complexity index is 248. The molecular formula is C11H22N2O2S. The summed E-state index contributed by atoms with van der Waals surface area (Å²) in [5, 5.41) is 12.6. The van der Waals surface area contributed by atoms with Gasteiger partial charge in [0.05, 0.1) is 12.1 Å². The van der Waals surface area contributed by atoms with E-state index in [1.165, 1.54) is 0 Å². The molecule has 4 nitrogen and oxygen atoms in total. The SMILES string of the molecule is CC(C)[C@H](N)C(=O)N[C@@H]1CC[C@@H](S)[C@H](O)C1. The van der Waals surface area contributed by atoms with Gasteiger partial charge in [-0.25, -0.2) is 0 Å². The topological polar surface area (TPSA) is 75.4 Å². The molecule has 0 heterocycles. The van der Waals surface area contributed by atoms with Gasteiger partial charge in [-0.2, -0.15) is 12.6 Å². The molecule has 94 valence electrons. The summed E-state index contributed by atoms with van der Waals surface area (Å²) in [7, 11) is 0. The molecule has 1 aliphatic rings. The van der Waals surface area contributed by atoms with Crippen LogP contribution in [0.25, 0.3) is 0 Å². The third-order valence-corrected chi connectivity index (χ3v) is 3.75. The molecule has 1 saturated carbocycles. The Balaban J connectivity index is 2.40. The highest BCUT2D eigenvalue weighted by atomic mass is 32.1. The number of carbonyl (C=O) groups excluding carboxylic acids is 1. The van der Waals surface area contributed by atoms with Crippen molar-refractivity contribution in [3.8, 4) is 0 Å². The molecule has 16 heavy (non-hydrogen) atoms. The smallest absolute Gasteiger partial charge is 0.237 e. The predicted molar refractivity (Wildman–Crippen MR) is 67.4 cm³/mol. The van der Waals surface area contributed by atoms with Gasteiger partial charge in [0.25, 0.3) is 0 Å². The largest absolute Gasteiger partial charge is 0.392 e. The van der Waals surface area contributed by atoms with Crippen molar-refractivity contribution in [1.29, 1.82) is 0 Å². The minimum atomic E-state index is -0.467. The Kier molecular flexibility index (Phi) is 5.08. The molecule has 0 radical (unpaired) electrons.